The Morgan fingerprint density at radius 1 is 1.23 bits per heavy atom. The number of methoxy groups -OCH3 is 1. The number of carbonyl (C=O) groups excluding carboxylic acids is 2. The Hall–Kier alpha value is -2.80. The molecule has 7 heteroatoms. The fourth-order valence-electron chi connectivity index (χ4n) is 3.42. The van der Waals surface area contributed by atoms with E-state index >= 15 is 0 Å². The first-order valence-corrected chi connectivity index (χ1v) is 10.9. The van der Waals surface area contributed by atoms with E-state index in [-0.39, 0.29) is 24.3 Å². The molecule has 30 heavy (non-hydrogen) atoms. The van der Waals surface area contributed by atoms with Crippen molar-refractivity contribution in [3.05, 3.63) is 53.6 Å². The molecule has 2 aromatic rings. The lowest BCUT2D eigenvalue weighted by molar-refractivity contribution is -0.128. The first kappa shape index (κ1) is 20.5. The zero-order valence-corrected chi connectivity index (χ0v) is 18.2. The molecular formula is C23H25N3O3S. The molecule has 0 bridgehead atoms. The van der Waals surface area contributed by atoms with Gasteiger partial charge in [0.25, 0.3) is 0 Å². The Kier molecular flexibility index (Phi) is 5.81. The second-order valence-electron chi connectivity index (χ2n) is 7.68. The summed E-state index contributed by atoms with van der Waals surface area (Å²) >= 11 is 1.39. The van der Waals surface area contributed by atoms with Gasteiger partial charge < -0.3 is 10.1 Å². The van der Waals surface area contributed by atoms with Gasteiger partial charge in [0, 0.05) is 12.5 Å². The maximum absolute atomic E-state index is 13.1. The standard InChI is InChI=1S/C23H25N3O3S/c1-14-8-9-15(2)18(12-14)25-23-26(16-10-11-16)22(28)20(30-23)13-21(27)24-17-6-4-5-7-19(17)29-3/h4-9,12,16,20H,10-11,13H2,1-3H3,(H,24,27)/t20-/m0/s1. The predicted octanol–water partition coefficient (Wildman–Crippen LogP) is 4.43. The van der Waals surface area contributed by atoms with Gasteiger partial charge in [0.05, 0.1) is 18.5 Å². The van der Waals surface area contributed by atoms with Crippen molar-refractivity contribution >= 4 is 40.1 Å². The van der Waals surface area contributed by atoms with E-state index in [9.17, 15) is 9.59 Å². The molecule has 0 aromatic heterocycles. The van der Waals surface area contributed by atoms with Gasteiger partial charge in [0.2, 0.25) is 11.8 Å². The first-order valence-electron chi connectivity index (χ1n) is 10.0. The average molecular weight is 424 g/mol. The van der Waals surface area contributed by atoms with E-state index in [1.54, 1.807) is 24.1 Å². The Labute approximate surface area is 180 Å². The van der Waals surface area contributed by atoms with Gasteiger partial charge in [-0.3, -0.25) is 14.5 Å². The lowest BCUT2D eigenvalue weighted by Gasteiger charge is -2.15. The zero-order valence-electron chi connectivity index (χ0n) is 17.3. The highest BCUT2D eigenvalue weighted by Gasteiger charge is 2.46. The van der Waals surface area contributed by atoms with Gasteiger partial charge >= 0.3 is 0 Å². The van der Waals surface area contributed by atoms with Gasteiger partial charge in [0.15, 0.2) is 5.17 Å². The van der Waals surface area contributed by atoms with E-state index in [2.05, 4.69) is 11.4 Å². The van der Waals surface area contributed by atoms with Crippen LogP contribution in [0, 0.1) is 13.8 Å². The van der Waals surface area contributed by atoms with Gasteiger partial charge in [-0.2, -0.15) is 0 Å². The Morgan fingerprint density at radius 3 is 2.73 bits per heavy atom. The molecule has 2 fully saturated rings. The fourth-order valence-corrected chi connectivity index (χ4v) is 4.63. The molecule has 1 aliphatic carbocycles. The SMILES string of the molecule is COc1ccccc1NC(=O)C[C@@H]1SC(=Nc2cc(C)ccc2C)N(C2CC2)C1=O. The molecule has 4 rings (SSSR count). The average Bonchev–Trinajstić information content (AvgIpc) is 3.51. The Bertz CT molecular complexity index is 1020. The largest absolute Gasteiger partial charge is 0.495 e. The summed E-state index contributed by atoms with van der Waals surface area (Å²) in [6.45, 7) is 4.04. The van der Waals surface area contributed by atoms with Crippen LogP contribution in [0.5, 0.6) is 5.75 Å². The highest BCUT2D eigenvalue weighted by molar-refractivity contribution is 8.15. The number of hydrogen-bond acceptors (Lipinski definition) is 5. The molecule has 0 unspecified atom stereocenters. The first-order chi connectivity index (χ1) is 14.5. The molecule has 1 aliphatic heterocycles. The van der Waals surface area contributed by atoms with Crippen molar-refractivity contribution in [2.45, 2.75) is 44.4 Å². The van der Waals surface area contributed by atoms with E-state index in [0.717, 1.165) is 29.7 Å². The quantitative estimate of drug-likeness (QED) is 0.746. The number of anilines is 1. The summed E-state index contributed by atoms with van der Waals surface area (Å²) in [7, 11) is 1.56. The number of aliphatic imine (C=N–C) groups is 1. The van der Waals surface area contributed by atoms with Gasteiger partial charge in [-0.25, -0.2) is 4.99 Å². The molecule has 1 saturated carbocycles. The van der Waals surface area contributed by atoms with Gasteiger partial charge in [-0.15, -0.1) is 0 Å². The van der Waals surface area contributed by atoms with Crippen molar-refractivity contribution in [3.8, 4) is 5.75 Å². The van der Waals surface area contributed by atoms with Crippen LogP contribution in [0.3, 0.4) is 0 Å². The van der Waals surface area contributed by atoms with Crippen molar-refractivity contribution < 1.29 is 14.3 Å². The number of benzene rings is 2. The molecule has 1 N–H and O–H groups in total. The van der Waals surface area contributed by atoms with Crippen LogP contribution in [-0.2, 0) is 9.59 Å². The number of ether oxygens (including phenoxy) is 1. The fraction of sp³-hybridized carbons (Fsp3) is 0.348. The number of carbonyl (C=O) groups is 2. The molecule has 6 nitrogen and oxygen atoms in total. The van der Waals surface area contributed by atoms with Crippen LogP contribution in [0.15, 0.2) is 47.5 Å². The second-order valence-corrected chi connectivity index (χ2v) is 8.85. The third kappa shape index (κ3) is 4.36. The van der Waals surface area contributed by atoms with Crippen LogP contribution in [0.1, 0.15) is 30.4 Å². The number of amides is 2. The monoisotopic (exact) mass is 423 g/mol. The van der Waals surface area contributed by atoms with Crippen LogP contribution < -0.4 is 10.1 Å². The van der Waals surface area contributed by atoms with E-state index in [1.807, 2.05) is 38.1 Å². The third-order valence-electron chi connectivity index (χ3n) is 5.21. The van der Waals surface area contributed by atoms with E-state index in [4.69, 9.17) is 9.73 Å². The number of para-hydroxylation sites is 2. The summed E-state index contributed by atoms with van der Waals surface area (Å²) in [5.41, 5.74) is 3.66. The summed E-state index contributed by atoms with van der Waals surface area (Å²) in [6.07, 6.45) is 2.06. The van der Waals surface area contributed by atoms with Crippen molar-refractivity contribution in [2.24, 2.45) is 4.99 Å². The third-order valence-corrected chi connectivity index (χ3v) is 6.36. The van der Waals surface area contributed by atoms with Crippen LogP contribution in [0.4, 0.5) is 11.4 Å². The highest BCUT2D eigenvalue weighted by atomic mass is 32.2. The molecule has 0 spiro atoms. The number of thioether (sulfide) groups is 1. The topological polar surface area (TPSA) is 71.0 Å². The summed E-state index contributed by atoms with van der Waals surface area (Å²) < 4.78 is 5.28. The lowest BCUT2D eigenvalue weighted by atomic mass is 10.1. The molecule has 1 atom stereocenters. The molecular weight excluding hydrogens is 398 g/mol. The lowest BCUT2D eigenvalue weighted by Crippen LogP contribution is -2.35. The molecule has 2 aromatic carbocycles. The Morgan fingerprint density at radius 2 is 2.00 bits per heavy atom. The van der Waals surface area contributed by atoms with Crippen molar-refractivity contribution in [1.82, 2.24) is 4.90 Å². The van der Waals surface area contributed by atoms with E-state index in [1.165, 1.54) is 11.8 Å². The molecule has 2 amide bonds. The van der Waals surface area contributed by atoms with Gasteiger partial charge in [0.1, 0.15) is 11.0 Å². The molecule has 0 radical (unpaired) electrons. The smallest absolute Gasteiger partial charge is 0.242 e. The molecule has 2 aliphatic rings. The summed E-state index contributed by atoms with van der Waals surface area (Å²) in [5.74, 6) is 0.351. The van der Waals surface area contributed by atoms with E-state index in [0.29, 0.717) is 16.6 Å². The van der Waals surface area contributed by atoms with Crippen LogP contribution in [-0.4, -0.2) is 40.3 Å². The maximum atomic E-state index is 13.1. The van der Waals surface area contributed by atoms with Crippen LogP contribution >= 0.6 is 11.8 Å². The number of nitrogens with one attached hydrogen (secondary N) is 1. The van der Waals surface area contributed by atoms with Crippen molar-refractivity contribution in [3.63, 3.8) is 0 Å². The minimum atomic E-state index is -0.468. The normalized spacial score (nSPS) is 20.0. The van der Waals surface area contributed by atoms with Gasteiger partial charge in [-0.1, -0.05) is 36.0 Å². The molecule has 156 valence electrons. The summed E-state index contributed by atoms with van der Waals surface area (Å²) in [4.78, 5) is 32.3. The second kappa shape index (κ2) is 8.52. The predicted molar refractivity (Wildman–Crippen MR) is 120 cm³/mol. The summed E-state index contributed by atoms with van der Waals surface area (Å²) in [6, 6.07) is 13.6. The highest BCUT2D eigenvalue weighted by Crippen LogP contribution is 2.40. The minimum Gasteiger partial charge on any atom is -0.495 e. The maximum Gasteiger partial charge on any atom is 0.242 e. The van der Waals surface area contributed by atoms with Crippen molar-refractivity contribution in [1.29, 1.82) is 0 Å². The molecule has 1 saturated heterocycles. The molecule has 1 heterocycles. The zero-order chi connectivity index (χ0) is 21.3. The van der Waals surface area contributed by atoms with Crippen molar-refractivity contribution in [2.75, 3.05) is 12.4 Å². The number of rotatable bonds is 6. The Balaban J connectivity index is 1.52. The minimum absolute atomic E-state index is 0.0262. The number of aryl methyl sites for hydroxylation is 2. The summed E-state index contributed by atoms with van der Waals surface area (Å²) in [5, 5.41) is 3.09. The van der Waals surface area contributed by atoms with Crippen LogP contribution in [0.2, 0.25) is 0 Å². The number of amidine groups is 1. The number of hydrogen-bond donors (Lipinski definition) is 1. The van der Waals surface area contributed by atoms with E-state index < -0.39 is 5.25 Å². The van der Waals surface area contributed by atoms with Crippen LogP contribution in [0.25, 0.3) is 0 Å². The number of nitrogens with zero attached hydrogens (tertiary/aromatic N) is 2. The van der Waals surface area contributed by atoms with Gasteiger partial charge in [-0.05, 0) is 56.0 Å².